The minimum atomic E-state index is 0.638. The van der Waals surface area contributed by atoms with Crippen molar-refractivity contribution in [2.75, 3.05) is 31.4 Å². The van der Waals surface area contributed by atoms with Crippen LogP contribution in [0.5, 0.6) is 11.5 Å². The molecule has 0 aliphatic carbocycles. The average molecular weight is 448 g/mol. The SMILES string of the molecule is COc1cc2ncnc(NCCc3cnc(Nc4nc5ccccc5[nH]4)s3)c2cc1OC. The molecular formula is C22H21N7O2S. The van der Waals surface area contributed by atoms with Gasteiger partial charge in [0, 0.05) is 35.5 Å². The van der Waals surface area contributed by atoms with E-state index < -0.39 is 0 Å². The summed E-state index contributed by atoms with van der Waals surface area (Å²) in [4.78, 5) is 22.1. The number of hydrogen-bond acceptors (Lipinski definition) is 9. The molecule has 0 aliphatic heterocycles. The molecule has 0 saturated heterocycles. The van der Waals surface area contributed by atoms with E-state index in [1.54, 1.807) is 31.9 Å². The van der Waals surface area contributed by atoms with Crippen molar-refractivity contribution in [2.45, 2.75) is 6.42 Å². The van der Waals surface area contributed by atoms with Crippen LogP contribution in [0, 0.1) is 0 Å². The summed E-state index contributed by atoms with van der Waals surface area (Å²) in [6, 6.07) is 11.6. The lowest BCUT2D eigenvalue weighted by Crippen LogP contribution is -2.06. The van der Waals surface area contributed by atoms with Crippen molar-refractivity contribution in [2.24, 2.45) is 0 Å². The molecule has 0 radical (unpaired) electrons. The highest BCUT2D eigenvalue weighted by Gasteiger charge is 2.11. The van der Waals surface area contributed by atoms with Gasteiger partial charge < -0.3 is 25.1 Å². The highest BCUT2D eigenvalue weighted by atomic mass is 32.1. The Morgan fingerprint density at radius 3 is 2.69 bits per heavy atom. The zero-order valence-corrected chi connectivity index (χ0v) is 18.4. The number of thiazole rings is 1. The maximum absolute atomic E-state index is 5.41. The highest BCUT2D eigenvalue weighted by Crippen LogP contribution is 2.33. The Kier molecular flexibility index (Phi) is 5.42. The fraction of sp³-hybridized carbons (Fsp3) is 0.182. The monoisotopic (exact) mass is 447 g/mol. The van der Waals surface area contributed by atoms with E-state index in [2.05, 4.69) is 35.6 Å². The molecule has 32 heavy (non-hydrogen) atoms. The Bertz CT molecular complexity index is 1350. The first-order chi connectivity index (χ1) is 15.7. The Balaban J connectivity index is 1.25. The van der Waals surface area contributed by atoms with Gasteiger partial charge >= 0.3 is 0 Å². The molecule has 3 N–H and O–H groups in total. The summed E-state index contributed by atoms with van der Waals surface area (Å²) in [5.41, 5.74) is 2.69. The number of fused-ring (bicyclic) bond motifs is 2. The van der Waals surface area contributed by atoms with Gasteiger partial charge in [0.2, 0.25) is 5.95 Å². The number of ether oxygens (including phenoxy) is 2. The van der Waals surface area contributed by atoms with Crippen molar-refractivity contribution in [1.82, 2.24) is 24.9 Å². The van der Waals surface area contributed by atoms with Gasteiger partial charge in [-0.15, -0.1) is 11.3 Å². The number of nitrogens with one attached hydrogen (secondary N) is 3. The van der Waals surface area contributed by atoms with Crippen LogP contribution < -0.4 is 20.1 Å². The van der Waals surface area contributed by atoms with E-state index in [0.717, 1.165) is 44.2 Å². The molecule has 162 valence electrons. The van der Waals surface area contributed by atoms with E-state index >= 15 is 0 Å². The van der Waals surface area contributed by atoms with Gasteiger partial charge in [0.05, 0.1) is 30.8 Å². The summed E-state index contributed by atoms with van der Waals surface area (Å²) in [7, 11) is 3.22. The second-order valence-electron chi connectivity index (χ2n) is 6.98. The van der Waals surface area contributed by atoms with E-state index in [-0.39, 0.29) is 0 Å². The number of H-pyrrole nitrogens is 1. The second kappa shape index (κ2) is 8.67. The first-order valence-electron chi connectivity index (χ1n) is 10.0. The Morgan fingerprint density at radius 2 is 1.84 bits per heavy atom. The number of imidazole rings is 1. The summed E-state index contributed by atoms with van der Waals surface area (Å²) in [6.45, 7) is 0.701. The fourth-order valence-electron chi connectivity index (χ4n) is 3.42. The largest absolute Gasteiger partial charge is 0.493 e. The standard InChI is InChI=1S/C22H21N7O2S/c1-30-18-9-14-17(10-19(18)31-2)25-12-26-20(14)23-8-7-13-11-24-22(32-13)29-21-27-15-5-3-4-6-16(15)28-21/h3-6,9-12H,7-8H2,1-2H3,(H,23,25,26)(H2,24,27,28,29). The molecule has 10 heteroatoms. The normalized spacial score (nSPS) is 11.1. The first kappa shape index (κ1) is 20.0. The van der Waals surface area contributed by atoms with Crippen molar-refractivity contribution < 1.29 is 9.47 Å². The summed E-state index contributed by atoms with van der Waals surface area (Å²) < 4.78 is 10.8. The van der Waals surface area contributed by atoms with Gasteiger partial charge in [-0.25, -0.2) is 19.9 Å². The summed E-state index contributed by atoms with van der Waals surface area (Å²) in [5.74, 6) is 2.71. The average Bonchev–Trinajstić information content (AvgIpc) is 3.44. The van der Waals surface area contributed by atoms with Crippen molar-refractivity contribution in [1.29, 1.82) is 0 Å². The molecule has 0 saturated carbocycles. The van der Waals surface area contributed by atoms with Crippen molar-refractivity contribution in [3.8, 4) is 11.5 Å². The van der Waals surface area contributed by atoms with Gasteiger partial charge in [-0.1, -0.05) is 12.1 Å². The quantitative estimate of drug-likeness (QED) is 0.322. The fourth-order valence-corrected chi connectivity index (χ4v) is 4.23. The maximum atomic E-state index is 5.41. The van der Waals surface area contributed by atoms with Crippen LogP contribution in [-0.2, 0) is 6.42 Å². The third-order valence-corrected chi connectivity index (χ3v) is 5.95. The summed E-state index contributed by atoms with van der Waals surface area (Å²) in [6.07, 6.45) is 4.22. The smallest absolute Gasteiger partial charge is 0.207 e. The van der Waals surface area contributed by atoms with Crippen molar-refractivity contribution in [3.05, 3.63) is 53.8 Å². The van der Waals surface area contributed by atoms with Gasteiger partial charge in [-0.05, 0) is 18.2 Å². The lowest BCUT2D eigenvalue weighted by molar-refractivity contribution is 0.356. The maximum Gasteiger partial charge on any atom is 0.207 e. The Labute approximate surface area is 187 Å². The molecule has 5 rings (SSSR count). The van der Waals surface area contributed by atoms with Crippen LogP contribution in [0.4, 0.5) is 16.9 Å². The van der Waals surface area contributed by atoms with Crippen LogP contribution in [0.3, 0.4) is 0 Å². The van der Waals surface area contributed by atoms with Crippen molar-refractivity contribution in [3.63, 3.8) is 0 Å². The molecule has 9 nitrogen and oxygen atoms in total. The van der Waals surface area contributed by atoms with Crippen LogP contribution in [0.25, 0.3) is 21.9 Å². The van der Waals surface area contributed by atoms with Gasteiger partial charge in [-0.2, -0.15) is 0 Å². The predicted octanol–water partition coefficient (Wildman–Crippen LogP) is 4.38. The van der Waals surface area contributed by atoms with E-state index in [1.807, 2.05) is 42.6 Å². The van der Waals surface area contributed by atoms with Gasteiger partial charge in [0.15, 0.2) is 16.6 Å². The van der Waals surface area contributed by atoms with E-state index in [0.29, 0.717) is 24.0 Å². The summed E-state index contributed by atoms with van der Waals surface area (Å²) >= 11 is 1.60. The van der Waals surface area contributed by atoms with Gasteiger partial charge in [-0.3, -0.25) is 0 Å². The summed E-state index contributed by atoms with van der Waals surface area (Å²) in [5, 5.41) is 8.31. The van der Waals surface area contributed by atoms with Crippen LogP contribution in [0.1, 0.15) is 4.88 Å². The molecule has 0 aliphatic rings. The van der Waals surface area contributed by atoms with Crippen LogP contribution in [0.2, 0.25) is 0 Å². The number of hydrogen-bond donors (Lipinski definition) is 3. The minimum absolute atomic E-state index is 0.638. The Morgan fingerprint density at radius 1 is 1.00 bits per heavy atom. The number of aromatic nitrogens is 5. The Hall–Kier alpha value is -3.92. The number of aromatic amines is 1. The van der Waals surface area contributed by atoms with Crippen molar-refractivity contribution >= 4 is 50.2 Å². The lowest BCUT2D eigenvalue weighted by atomic mass is 10.2. The first-order valence-corrected chi connectivity index (χ1v) is 10.8. The van der Waals surface area contributed by atoms with E-state index in [9.17, 15) is 0 Å². The lowest BCUT2D eigenvalue weighted by Gasteiger charge is -2.11. The van der Waals surface area contributed by atoms with Crippen LogP contribution in [-0.4, -0.2) is 45.7 Å². The number of benzene rings is 2. The molecule has 0 fully saturated rings. The third-order valence-electron chi connectivity index (χ3n) is 4.97. The van der Waals surface area contributed by atoms with Gasteiger partial charge in [0.1, 0.15) is 12.1 Å². The molecule has 0 atom stereocenters. The van der Waals surface area contributed by atoms with Gasteiger partial charge in [0.25, 0.3) is 0 Å². The molecule has 5 aromatic rings. The molecule has 3 aromatic heterocycles. The molecule has 3 heterocycles. The molecular weight excluding hydrogens is 426 g/mol. The zero-order chi connectivity index (χ0) is 21.9. The second-order valence-corrected chi connectivity index (χ2v) is 8.10. The number of rotatable bonds is 8. The van der Waals surface area contributed by atoms with Crippen LogP contribution in [0.15, 0.2) is 48.9 Å². The number of para-hydroxylation sites is 2. The topological polar surface area (TPSA) is 110 Å². The van der Waals surface area contributed by atoms with E-state index in [1.165, 1.54) is 0 Å². The predicted molar refractivity (Wildman–Crippen MR) is 126 cm³/mol. The third kappa shape index (κ3) is 4.00. The molecule has 0 spiro atoms. The molecule has 0 bridgehead atoms. The molecule has 2 aromatic carbocycles. The van der Waals surface area contributed by atoms with Crippen LogP contribution >= 0.6 is 11.3 Å². The molecule has 0 unspecified atom stereocenters. The number of nitrogens with zero attached hydrogens (tertiary/aromatic N) is 4. The number of anilines is 3. The highest BCUT2D eigenvalue weighted by molar-refractivity contribution is 7.15. The zero-order valence-electron chi connectivity index (χ0n) is 17.5. The van der Waals surface area contributed by atoms with E-state index in [4.69, 9.17) is 9.47 Å². The minimum Gasteiger partial charge on any atom is -0.493 e. The number of methoxy groups -OCH3 is 2. The molecule has 0 amide bonds.